The fourth-order valence-electron chi connectivity index (χ4n) is 2.77. The summed E-state index contributed by atoms with van der Waals surface area (Å²) in [7, 11) is 0. The van der Waals surface area contributed by atoms with E-state index >= 15 is 0 Å². The number of hydrogen-bond donors (Lipinski definition) is 1. The zero-order chi connectivity index (χ0) is 19.4. The van der Waals surface area contributed by atoms with Crippen LogP contribution in [-0.2, 0) is 12.4 Å². The highest BCUT2D eigenvalue weighted by Crippen LogP contribution is 2.43. The Kier molecular flexibility index (Phi) is 3.87. The minimum absolute atomic E-state index is 0.000791. The molecule has 1 aliphatic carbocycles. The third kappa shape index (κ3) is 3.45. The van der Waals surface area contributed by atoms with E-state index in [1.165, 1.54) is 12.1 Å². The van der Waals surface area contributed by atoms with Gasteiger partial charge in [0.25, 0.3) is 0 Å². The molecule has 2 aromatic carbocycles. The van der Waals surface area contributed by atoms with E-state index < -0.39 is 29.1 Å². The van der Waals surface area contributed by atoms with Gasteiger partial charge in [0.05, 0.1) is 11.3 Å². The second kappa shape index (κ2) is 5.90. The molecule has 1 aromatic heterocycles. The number of benzene rings is 2. The molecule has 142 valence electrons. The van der Waals surface area contributed by atoms with Crippen LogP contribution in [0, 0.1) is 0 Å². The Hall–Kier alpha value is -2.71. The summed E-state index contributed by atoms with van der Waals surface area (Å²) in [5, 5.41) is 2.82. The number of hydrogen-bond acceptors (Lipinski definition) is 3. The number of nitrogens with zero attached hydrogens (tertiary/aromatic N) is 1. The van der Waals surface area contributed by atoms with E-state index in [4.69, 9.17) is 4.42 Å². The number of rotatable bonds is 3. The molecule has 1 saturated carbocycles. The number of nitrogens with one attached hydrogen (secondary N) is 1. The van der Waals surface area contributed by atoms with Gasteiger partial charge in [-0.05, 0) is 49.2 Å². The van der Waals surface area contributed by atoms with Gasteiger partial charge in [-0.25, -0.2) is 4.98 Å². The average Bonchev–Trinajstić information content (AvgIpc) is 3.28. The van der Waals surface area contributed by atoms with Crippen LogP contribution in [0.4, 0.5) is 32.0 Å². The molecule has 0 bridgehead atoms. The van der Waals surface area contributed by atoms with Crippen molar-refractivity contribution in [2.45, 2.75) is 31.2 Å². The SMILES string of the molecule is FC(F)(F)c1ccc(-c2nc3ccc(NC4CC4)c(C(F)(F)F)c3o2)cc1. The summed E-state index contributed by atoms with van der Waals surface area (Å²) in [6.07, 6.45) is -7.59. The fourth-order valence-corrected chi connectivity index (χ4v) is 2.77. The third-order valence-corrected chi connectivity index (χ3v) is 4.24. The Morgan fingerprint density at radius 3 is 2.11 bits per heavy atom. The first kappa shape index (κ1) is 17.7. The lowest BCUT2D eigenvalue weighted by Crippen LogP contribution is -2.12. The molecule has 0 radical (unpaired) electrons. The van der Waals surface area contributed by atoms with E-state index in [2.05, 4.69) is 10.3 Å². The van der Waals surface area contributed by atoms with Crippen molar-refractivity contribution in [3.8, 4) is 11.5 Å². The predicted octanol–water partition coefficient (Wildman–Crippen LogP) is 6.11. The standard InChI is InChI=1S/C18H12F6N2O/c19-17(20,21)10-3-1-9(2-4-10)16-26-13-8-7-12(25-11-5-6-11)14(15(13)27-16)18(22,23)24/h1-4,7-8,11,25H,5-6H2. The highest BCUT2D eigenvalue weighted by Gasteiger charge is 2.39. The number of halogens is 6. The van der Waals surface area contributed by atoms with Crippen LogP contribution in [0.2, 0.25) is 0 Å². The molecular formula is C18H12F6N2O. The number of oxazole rings is 1. The second-order valence-electron chi connectivity index (χ2n) is 6.35. The minimum atomic E-state index is -4.67. The summed E-state index contributed by atoms with van der Waals surface area (Å²) in [4.78, 5) is 4.01. The summed E-state index contributed by atoms with van der Waals surface area (Å²) in [5.41, 5.74) is -2.22. The molecule has 0 unspecified atom stereocenters. The van der Waals surface area contributed by atoms with Gasteiger partial charge < -0.3 is 9.73 Å². The highest BCUT2D eigenvalue weighted by molar-refractivity contribution is 5.85. The largest absolute Gasteiger partial charge is 0.435 e. The summed E-state index contributed by atoms with van der Waals surface area (Å²) in [6, 6.07) is 6.58. The van der Waals surface area contributed by atoms with Crippen LogP contribution in [0.3, 0.4) is 0 Å². The number of anilines is 1. The Bertz CT molecular complexity index is 984. The normalized spacial score (nSPS) is 15.3. The molecule has 9 heteroatoms. The monoisotopic (exact) mass is 386 g/mol. The maximum absolute atomic E-state index is 13.6. The van der Waals surface area contributed by atoms with E-state index in [1.807, 2.05) is 0 Å². The van der Waals surface area contributed by atoms with Crippen LogP contribution < -0.4 is 5.32 Å². The highest BCUT2D eigenvalue weighted by atomic mass is 19.4. The van der Waals surface area contributed by atoms with Gasteiger partial charge in [0.15, 0.2) is 5.58 Å². The lowest BCUT2D eigenvalue weighted by molar-refractivity contribution is -0.138. The molecular weight excluding hydrogens is 374 g/mol. The lowest BCUT2D eigenvalue weighted by atomic mass is 10.1. The number of fused-ring (bicyclic) bond motifs is 1. The van der Waals surface area contributed by atoms with Gasteiger partial charge >= 0.3 is 12.4 Å². The van der Waals surface area contributed by atoms with Crippen molar-refractivity contribution in [3.63, 3.8) is 0 Å². The summed E-state index contributed by atoms with van der Waals surface area (Å²) in [6.45, 7) is 0. The quantitative estimate of drug-likeness (QED) is 0.552. The van der Waals surface area contributed by atoms with Crippen molar-refractivity contribution in [1.82, 2.24) is 4.98 Å². The van der Waals surface area contributed by atoms with Crippen LogP contribution in [0.5, 0.6) is 0 Å². The summed E-state index contributed by atoms with van der Waals surface area (Å²) >= 11 is 0. The summed E-state index contributed by atoms with van der Waals surface area (Å²) < 4.78 is 84.1. The van der Waals surface area contributed by atoms with Crippen molar-refractivity contribution in [3.05, 3.63) is 47.5 Å². The first-order valence-electron chi connectivity index (χ1n) is 8.08. The van der Waals surface area contributed by atoms with Gasteiger partial charge in [0.2, 0.25) is 5.89 Å². The van der Waals surface area contributed by atoms with Crippen LogP contribution in [0.25, 0.3) is 22.6 Å². The van der Waals surface area contributed by atoms with Gasteiger partial charge in [-0.2, -0.15) is 26.3 Å². The van der Waals surface area contributed by atoms with Crippen LogP contribution in [0.1, 0.15) is 24.0 Å². The molecule has 1 fully saturated rings. The Labute approximate surface area is 149 Å². The first-order valence-corrected chi connectivity index (χ1v) is 8.08. The smallest absolute Gasteiger partial charge is 0.422 e. The topological polar surface area (TPSA) is 38.1 Å². The molecule has 0 aliphatic heterocycles. The number of aromatic nitrogens is 1. The molecule has 0 saturated heterocycles. The zero-order valence-electron chi connectivity index (χ0n) is 13.6. The zero-order valence-corrected chi connectivity index (χ0v) is 13.6. The molecule has 0 atom stereocenters. The molecule has 3 nitrogen and oxygen atoms in total. The Morgan fingerprint density at radius 2 is 1.56 bits per heavy atom. The average molecular weight is 386 g/mol. The minimum Gasteiger partial charge on any atom is -0.435 e. The van der Waals surface area contributed by atoms with Gasteiger partial charge in [-0.15, -0.1) is 0 Å². The molecule has 1 heterocycles. The maximum Gasteiger partial charge on any atom is 0.422 e. The molecule has 1 aliphatic rings. The van der Waals surface area contributed by atoms with E-state index in [0.29, 0.717) is 0 Å². The van der Waals surface area contributed by atoms with Crippen molar-refractivity contribution in [1.29, 1.82) is 0 Å². The molecule has 0 spiro atoms. The van der Waals surface area contributed by atoms with Gasteiger partial charge in [0, 0.05) is 11.6 Å². The van der Waals surface area contributed by atoms with Crippen molar-refractivity contribution < 1.29 is 30.8 Å². The van der Waals surface area contributed by atoms with Crippen LogP contribution >= 0.6 is 0 Å². The number of alkyl halides is 6. The Morgan fingerprint density at radius 1 is 0.889 bits per heavy atom. The molecule has 4 rings (SSSR count). The van der Waals surface area contributed by atoms with E-state index in [-0.39, 0.29) is 28.7 Å². The van der Waals surface area contributed by atoms with E-state index in [9.17, 15) is 26.3 Å². The van der Waals surface area contributed by atoms with E-state index in [1.54, 1.807) is 0 Å². The van der Waals surface area contributed by atoms with Crippen LogP contribution in [-0.4, -0.2) is 11.0 Å². The summed E-state index contributed by atoms with van der Waals surface area (Å²) in [5.74, 6) is -0.173. The first-order chi connectivity index (χ1) is 12.6. The third-order valence-electron chi connectivity index (χ3n) is 4.24. The maximum atomic E-state index is 13.6. The van der Waals surface area contributed by atoms with Gasteiger partial charge in [0.1, 0.15) is 11.1 Å². The van der Waals surface area contributed by atoms with Gasteiger partial charge in [-0.3, -0.25) is 0 Å². The molecule has 27 heavy (non-hydrogen) atoms. The molecule has 1 N–H and O–H groups in total. The van der Waals surface area contributed by atoms with Gasteiger partial charge in [-0.1, -0.05) is 0 Å². The predicted molar refractivity (Wildman–Crippen MR) is 86.1 cm³/mol. The Balaban J connectivity index is 1.79. The van der Waals surface area contributed by atoms with Crippen LogP contribution in [0.15, 0.2) is 40.8 Å². The second-order valence-corrected chi connectivity index (χ2v) is 6.35. The fraction of sp³-hybridized carbons (Fsp3) is 0.278. The van der Waals surface area contributed by atoms with Crippen molar-refractivity contribution >= 4 is 16.8 Å². The van der Waals surface area contributed by atoms with E-state index in [0.717, 1.165) is 37.1 Å². The van der Waals surface area contributed by atoms with Crippen molar-refractivity contribution in [2.24, 2.45) is 0 Å². The van der Waals surface area contributed by atoms with Crippen molar-refractivity contribution in [2.75, 3.05) is 5.32 Å². The molecule has 0 amide bonds. The molecule has 3 aromatic rings. The lowest BCUT2D eigenvalue weighted by Gasteiger charge is -2.14.